The van der Waals surface area contributed by atoms with E-state index in [1.54, 1.807) is 0 Å². The van der Waals surface area contributed by atoms with Crippen molar-refractivity contribution in [1.29, 1.82) is 0 Å². The summed E-state index contributed by atoms with van der Waals surface area (Å²) < 4.78 is 0. The first-order valence-corrected chi connectivity index (χ1v) is 0. The average molecular weight is 246 g/mol. The van der Waals surface area contributed by atoms with E-state index in [2.05, 4.69) is 0 Å². The van der Waals surface area contributed by atoms with Gasteiger partial charge in [0.15, 0.2) is 0 Å². The van der Waals surface area contributed by atoms with Crippen LogP contribution in [0, 0.1) is 0 Å². The van der Waals surface area contributed by atoms with Gasteiger partial charge in [0.25, 0.3) is 0 Å². The molecule has 2 N–H and O–H groups in total. The second-order valence-electron chi connectivity index (χ2n) is 0. The van der Waals surface area contributed by atoms with Gasteiger partial charge in [0.2, 0.25) is 0 Å². The minimum atomic E-state index is 0. The molecule has 0 heterocycles. The molecule has 0 bridgehead atoms. The van der Waals surface area contributed by atoms with E-state index in [1.165, 1.54) is 0 Å². The van der Waals surface area contributed by atoms with E-state index in [4.69, 9.17) is 0 Å². The van der Waals surface area contributed by atoms with Gasteiger partial charge in [-0.2, -0.15) is 0 Å². The van der Waals surface area contributed by atoms with Crippen LogP contribution in [0.5, 0.6) is 0 Å². The summed E-state index contributed by atoms with van der Waals surface area (Å²) in [7, 11) is 0. The molecule has 0 fully saturated rings. The van der Waals surface area contributed by atoms with E-state index in [9.17, 15) is 0 Å². The van der Waals surface area contributed by atoms with E-state index < -0.39 is 0 Å². The number of hydrogen-bond donors (Lipinski definition) is 0. The van der Waals surface area contributed by atoms with Gasteiger partial charge in [-0.25, -0.2) is 0 Å². The van der Waals surface area contributed by atoms with E-state index >= 15 is 0 Å². The fraction of sp³-hybridized carbons (Fsp3) is 0. The molecular formula is H4Ca2Cl3KO. The molecule has 7 heteroatoms. The first kappa shape index (κ1) is 58.2. The van der Waals surface area contributed by atoms with Crippen molar-refractivity contribution in [2.75, 3.05) is 0 Å². The molecule has 36 valence electrons. The van der Waals surface area contributed by atoms with Crippen LogP contribution in [0.2, 0.25) is 0 Å². The summed E-state index contributed by atoms with van der Waals surface area (Å²) >= 11 is 0. The topological polar surface area (TPSA) is 31.5 Å². The molecule has 0 aromatic heterocycles. The van der Waals surface area contributed by atoms with Crippen molar-refractivity contribution in [1.82, 2.24) is 0 Å². The normalized spacial score (nSPS) is 0. The maximum absolute atomic E-state index is 0. The Balaban J connectivity index is 0. The summed E-state index contributed by atoms with van der Waals surface area (Å²) in [5, 5.41) is 0. The maximum atomic E-state index is 0. The molecule has 0 radical (unpaired) electrons. The summed E-state index contributed by atoms with van der Waals surface area (Å²) in [5.74, 6) is 0. The molecule has 0 amide bonds. The van der Waals surface area contributed by atoms with Crippen LogP contribution in [0.15, 0.2) is 0 Å². The second kappa shape index (κ2) is 44.1. The van der Waals surface area contributed by atoms with Crippen LogP contribution >= 0.6 is 0 Å². The monoisotopic (exact) mass is 244 g/mol. The smallest absolute Gasteiger partial charge is 1.00 e. The molecule has 0 saturated carbocycles. The molecule has 0 rings (SSSR count). The zero-order valence-electron chi connectivity index (χ0n) is 6.05. The standard InChI is InChI=1S/2Ca.3ClH.K.H2O.2H/h;;3*1H;;1H2;;/q2*+2;;;;+1;;2*-1/p-3. The summed E-state index contributed by atoms with van der Waals surface area (Å²) in [5.41, 5.74) is 0. The van der Waals surface area contributed by atoms with Crippen molar-refractivity contribution in [2.24, 2.45) is 0 Å². The van der Waals surface area contributed by atoms with Gasteiger partial charge in [-0.05, 0) is 0 Å². The van der Waals surface area contributed by atoms with E-state index in [0.717, 1.165) is 0 Å². The van der Waals surface area contributed by atoms with Crippen LogP contribution in [0.1, 0.15) is 2.85 Å². The quantitative estimate of drug-likeness (QED) is 0.380. The predicted molar refractivity (Wildman–Crippen MR) is 17.3 cm³/mol. The maximum Gasteiger partial charge on any atom is 2.00 e. The Morgan fingerprint density at radius 2 is 0.714 bits per heavy atom. The molecule has 1 nitrogen and oxygen atoms in total. The first-order chi connectivity index (χ1) is 0. The summed E-state index contributed by atoms with van der Waals surface area (Å²) in [4.78, 5) is 0. The van der Waals surface area contributed by atoms with Crippen LogP contribution in [0.4, 0.5) is 0 Å². The fourth-order valence-corrected chi connectivity index (χ4v) is 0. The zero-order valence-corrected chi connectivity index (χ0v) is 13.9. The third kappa shape index (κ3) is 35.7. The Hall–Kier alpha value is 4.99. The summed E-state index contributed by atoms with van der Waals surface area (Å²) in [6, 6.07) is 0. The number of rotatable bonds is 0. The zero-order chi connectivity index (χ0) is 0. The SMILES string of the molecule is O.[Ca+2].[Ca+2].[Cl-].[Cl-].[Cl-].[H-].[H-].[K+]. The Morgan fingerprint density at radius 1 is 0.714 bits per heavy atom. The van der Waals surface area contributed by atoms with Crippen molar-refractivity contribution < 1.29 is 96.9 Å². The molecule has 0 aliphatic heterocycles. The van der Waals surface area contributed by atoms with Crippen LogP contribution in [-0.2, 0) is 0 Å². The second-order valence-corrected chi connectivity index (χ2v) is 0. The minimum absolute atomic E-state index is 0. The van der Waals surface area contributed by atoms with Crippen molar-refractivity contribution in [3.63, 3.8) is 0 Å². The average Bonchev–Trinajstić information content (AvgIpc) is 0. The molecule has 0 unspecified atom stereocenters. The van der Waals surface area contributed by atoms with Gasteiger partial charge < -0.3 is 45.6 Å². The predicted octanol–water partition coefficient (Wildman–Crippen LogP) is -13.3. The van der Waals surface area contributed by atoms with Crippen molar-refractivity contribution in [3.8, 4) is 0 Å². The third-order valence-corrected chi connectivity index (χ3v) is 0. The van der Waals surface area contributed by atoms with Crippen molar-refractivity contribution in [2.45, 2.75) is 0 Å². The minimum Gasteiger partial charge on any atom is -1.00 e. The Kier molecular flexibility index (Phi) is 366. The fourth-order valence-electron chi connectivity index (χ4n) is 0. The molecular weight excluding hydrogens is 242 g/mol. The van der Waals surface area contributed by atoms with Crippen molar-refractivity contribution >= 4 is 75.5 Å². The third-order valence-electron chi connectivity index (χ3n) is 0. The van der Waals surface area contributed by atoms with Gasteiger partial charge >= 0.3 is 127 Å². The first-order valence-electron chi connectivity index (χ1n) is 0. The Labute approximate surface area is 167 Å². The van der Waals surface area contributed by atoms with E-state index in [-0.39, 0.29) is 172 Å². The molecule has 0 spiro atoms. The van der Waals surface area contributed by atoms with Crippen LogP contribution in [0.3, 0.4) is 0 Å². The summed E-state index contributed by atoms with van der Waals surface area (Å²) in [6.45, 7) is 0. The van der Waals surface area contributed by atoms with Gasteiger partial charge in [0.1, 0.15) is 0 Å². The molecule has 0 aromatic rings. The van der Waals surface area contributed by atoms with Crippen LogP contribution in [-0.4, -0.2) is 81.0 Å². The molecule has 0 aliphatic carbocycles. The molecule has 7 heavy (non-hydrogen) atoms. The van der Waals surface area contributed by atoms with Crippen LogP contribution < -0.4 is 88.6 Å². The number of halogens is 3. The largest absolute Gasteiger partial charge is 2.00 e. The summed E-state index contributed by atoms with van der Waals surface area (Å²) in [6.07, 6.45) is 0. The van der Waals surface area contributed by atoms with Gasteiger partial charge in [-0.15, -0.1) is 0 Å². The molecule has 0 aromatic carbocycles. The molecule has 0 saturated heterocycles. The van der Waals surface area contributed by atoms with Gasteiger partial charge in [-0.3, -0.25) is 0 Å². The Bertz CT molecular complexity index is 19.8. The van der Waals surface area contributed by atoms with E-state index in [0.29, 0.717) is 0 Å². The van der Waals surface area contributed by atoms with Gasteiger partial charge in [-0.1, -0.05) is 0 Å². The number of hydrogen-bond acceptors (Lipinski definition) is 0. The van der Waals surface area contributed by atoms with Gasteiger partial charge in [0, 0.05) is 0 Å². The Morgan fingerprint density at radius 3 is 0.714 bits per heavy atom. The molecule has 0 aliphatic rings. The van der Waals surface area contributed by atoms with E-state index in [1.807, 2.05) is 0 Å². The van der Waals surface area contributed by atoms with Crippen molar-refractivity contribution in [3.05, 3.63) is 0 Å². The van der Waals surface area contributed by atoms with Gasteiger partial charge in [0.05, 0.1) is 0 Å². The molecule has 0 atom stereocenters. The van der Waals surface area contributed by atoms with Crippen LogP contribution in [0.25, 0.3) is 0 Å².